The molecular formula is C90H115N5. The third-order valence-electron chi connectivity index (χ3n) is 17.7. The lowest BCUT2D eigenvalue weighted by atomic mass is 10.0. The number of aromatic nitrogens is 5. The number of aryl methyl sites for hydroxylation is 10. The topological polar surface area (TPSA) is 64.5 Å². The fourth-order valence-electron chi connectivity index (χ4n) is 11.2. The zero-order chi connectivity index (χ0) is 67.5. The maximum atomic E-state index is 4.55. The number of pyridine rings is 5. The van der Waals surface area contributed by atoms with E-state index in [1.165, 1.54) is 205 Å². The zero-order valence-corrected chi connectivity index (χ0v) is 60.1. The van der Waals surface area contributed by atoms with Crippen LogP contribution in [0.1, 0.15) is 221 Å². The minimum atomic E-state index is 1.04. The van der Waals surface area contributed by atoms with Crippen molar-refractivity contribution in [3.63, 3.8) is 0 Å². The van der Waals surface area contributed by atoms with E-state index in [0.717, 1.165) is 67.0 Å². The Kier molecular flexibility index (Phi) is 36.2. The van der Waals surface area contributed by atoms with Gasteiger partial charge in [0.2, 0.25) is 0 Å². The molecule has 0 spiro atoms. The highest BCUT2D eigenvalue weighted by Crippen LogP contribution is 2.25. The first kappa shape index (κ1) is 75.9. The Hall–Kier alpha value is -8.15. The first-order valence-electron chi connectivity index (χ1n) is 36.9. The molecule has 0 unspecified atom stereocenters. The highest BCUT2D eigenvalue weighted by molar-refractivity contribution is 5.63. The van der Waals surface area contributed by atoms with E-state index in [-0.39, 0.29) is 0 Å². The first-order valence-corrected chi connectivity index (χ1v) is 36.9. The molecule has 10 aromatic rings. The lowest BCUT2D eigenvalue weighted by Crippen LogP contribution is -1.89. The second-order valence-electron chi connectivity index (χ2n) is 25.3. The monoisotopic (exact) mass is 1270 g/mol. The van der Waals surface area contributed by atoms with Crippen molar-refractivity contribution in [1.82, 2.24) is 24.9 Å². The van der Waals surface area contributed by atoms with Crippen molar-refractivity contribution >= 4 is 0 Å². The van der Waals surface area contributed by atoms with Gasteiger partial charge >= 0.3 is 0 Å². The van der Waals surface area contributed by atoms with Crippen LogP contribution in [0.15, 0.2) is 213 Å². The van der Waals surface area contributed by atoms with Crippen molar-refractivity contribution in [2.75, 3.05) is 0 Å². The maximum absolute atomic E-state index is 4.55. The Bertz CT molecular complexity index is 3540. The first-order chi connectivity index (χ1) is 46.7. The lowest BCUT2D eigenvalue weighted by Gasteiger charge is -2.05. The van der Waals surface area contributed by atoms with Gasteiger partial charge in [-0.1, -0.05) is 292 Å². The number of rotatable bonds is 30. The van der Waals surface area contributed by atoms with E-state index >= 15 is 0 Å². The third kappa shape index (κ3) is 28.0. The summed E-state index contributed by atoms with van der Waals surface area (Å²) in [5.74, 6) is 0. The molecule has 5 aromatic heterocycles. The number of benzene rings is 5. The molecule has 0 radical (unpaired) electrons. The summed E-state index contributed by atoms with van der Waals surface area (Å²) in [7, 11) is 0. The highest BCUT2D eigenvalue weighted by atomic mass is 14.7. The third-order valence-corrected chi connectivity index (χ3v) is 17.7. The number of hydrogen-bond acceptors (Lipinski definition) is 5. The summed E-state index contributed by atoms with van der Waals surface area (Å²) in [5.41, 5.74) is 25.0. The van der Waals surface area contributed by atoms with Crippen molar-refractivity contribution < 1.29 is 0 Å². The van der Waals surface area contributed by atoms with Gasteiger partial charge in [-0.3, -0.25) is 24.9 Å². The zero-order valence-electron chi connectivity index (χ0n) is 60.1. The number of nitrogens with zero attached hydrogens (tertiary/aromatic N) is 5. The normalized spacial score (nSPS) is 10.6. The van der Waals surface area contributed by atoms with Gasteiger partial charge in [0.15, 0.2) is 0 Å². The molecule has 95 heavy (non-hydrogen) atoms. The molecular weight excluding hydrogens is 1150 g/mol. The van der Waals surface area contributed by atoms with Gasteiger partial charge in [-0.15, -0.1) is 0 Å². The second kappa shape index (κ2) is 45.3. The van der Waals surface area contributed by atoms with Crippen molar-refractivity contribution in [1.29, 1.82) is 0 Å². The molecule has 0 N–H and O–H groups in total. The summed E-state index contributed by atoms with van der Waals surface area (Å²) < 4.78 is 0. The molecule has 0 amide bonds. The Balaban J connectivity index is 0.000000188. The Morgan fingerprint density at radius 3 is 0.568 bits per heavy atom. The predicted octanol–water partition coefficient (Wildman–Crippen LogP) is 25.2. The molecule has 5 nitrogen and oxygen atoms in total. The molecule has 5 heteroatoms. The van der Waals surface area contributed by atoms with E-state index in [1.54, 1.807) is 0 Å². The van der Waals surface area contributed by atoms with Crippen LogP contribution in [0.25, 0.3) is 56.3 Å². The lowest BCUT2D eigenvalue weighted by molar-refractivity contribution is 0.632. The van der Waals surface area contributed by atoms with Crippen molar-refractivity contribution in [2.45, 2.75) is 230 Å². The van der Waals surface area contributed by atoms with Gasteiger partial charge < -0.3 is 0 Å². The average molecular weight is 1270 g/mol. The summed E-state index contributed by atoms with van der Waals surface area (Å²) >= 11 is 0. The molecule has 0 saturated carbocycles. The molecule has 0 atom stereocenters. The fourth-order valence-corrected chi connectivity index (χ4v) is 11.2. The Labute approximate surface area is 576 Å². The molecule has 10 rings (SSSR count). The van der Waals surface area contributed by atoms with Crippen molar-refractivity contribution in [2.24, 2.45) is 0 Å². The van der Waals surface area contributed by atoms with E-state index in [9.17, 15) is 0 Å². The van der Waals surface area contributed by atoms with Crippen molar-refractivity contribution in [3.05, 3.63) is 269 Å². The van der Waals surface area contributed by atoms with Gasteiger partial charge in [0.05, 0.1) is 28.5 Å². The van der Waals surface area contributed by atoms with Crippen LogP contribution >= 0.6 is 0 Å². The summed E-state index contributed by atoms with van der Waals surface area (Å²) in [4.78, 5) is 22.6. The second-order valence-corrected chi connectivity index (χ2v) is 25.3. The summed E-state index contributed by atoms with van der Waals surface area (Å²) in [6, 6.07) is 65.6. The minimum absolute atomic E-state index is 1.04. The summed E-state index contributed by atoms with van der Waals surface area (Å²) in [5, 5.41) is 0. The van der Waals surface area contributed by atoms with Crippen molar-refractivity contribution in [3.8, 4) is 56.3 Å². The van der Waals surface area contributed by atoms with Gasteiger partial charge in [0, 0.05) is 58.8 Å². The SMILES string of the molecule is CCCCCCCc1ccc(-c2ccc(CC)cn2)cc1.CCCCCCc1ccc(-c2ccc(CC)cn2)cc1.CCCCCc1ccc(-c2ccc(CC)cn2)cc1.CCCCc1ccc(-c2ccc(CC)cn2)cc1.CCCc1ccc(-c2ccc(CC)cn2)cc1. The van der Waals surface area contributed by atoms with Crippen LogP contribution in [-0.2, 0) is 64.2 Å². The molecule has 0 fully saturated rings. The van der Waals surface area contributed by atoms with Crippen LogP contribution in [0.2, 0.25) is 0 Å². The molecule has 5 heterocycles. The Morgan fingerprint density at radius 1 is 0.168 bits per heavy atom. The van der Waals surface area contributed by atoms with Crippen LogP contribution in [-0.4, -0.2) is 24.9 Å². The van der Waals surface area contributed by atoms with E-state index in [1.807, 2.05) is 31.0 Å². The maximum Gasteiger partial charge on any atom is 0.0702 e. The van der Waals surface area contributed by atoms with Crippen LogP contribution in [0.4, 0.5) is 0 Å². The molecule has 0 bridgehead atoms. The van der Waals surface area contributed by atoms with Crippen LogP contribution in [0, 0.1) is 0 Å². The van der Waals surface area contributed by atoms with Gasteiger partial charge in [-0.25, -0.2) is 0 Å². The molecule has 0 aliphatic carbocycles. The van der Waals surface area contributed by atoms with E-state index in [0.29, 0.717) is 0 Å². The van der Waals surface area contributed by atoms with E-state index in [2.05, 4.69) is 276 Å². The molecule has 0 aliphatic rings. The standard InChI is InChI=1S/C20H27N.C19H25N.C18H23N.C17H21N.C16H19N/c1-3-5-6-7-8-9-18-10-13-19(14-11-18)20-15-12-17(4-2)16-21-20;1-3-5-6-7-8-17-9-12-18(13-10-17)19-14-11-16(4-2)15-20-19;1-3-5-6-7-16-8-11-17(12-9-16)18-13-10-15(4-2)14-19-18;1-3-5-6-15-7-10-16(11-8-15)17-12-9-14(4-2)13-18-17;1-3-5-14-6-9-15(10-7-14)16-11-8-13(4-2)12-17-16/h10-16H,3-9H2,1-2H3;9-15H,3-8H2,1-2H3;8-14H,3-7H2,1-2H3;7-13H,3-6H2,1-2H3;6-12H,3-5H2,1-2H3. The summed E-state index contributed by atoms with van der Waals surface area (Å²) in [6.45, 7) is 22.0. The highest BCUT2D eigenvalue weighted by Gasteiger charge is 2.06. The number of unbranched alkanes of at least 4 members (excludes halogenated alkanes) is 10. The van der Waals surface area contributed by atoms with Gasteiger partial charge in [-0.2, -0.15) is 0 Å². The predicted molar refractivity (Wildman–Crippen MR) is 411 cm³/mol. The average Bonchev–Trinajstić information content (AvgIpc) is 1.51. The van der Waals surface area contributed by atoms with Crippen LogP contribution in [0.3, 0.4) is 0 Å². The molecule has 500 valence electrons. The van der Waals surface area contributed by atoms with Gasteiger partial charge in [0.1, 0.15) is 0 Å². The molecule has 0 saturated heterocycles. The fraction of sp³-hybridized carbons (Fsp3) is 0.389. The largest absolute Gasteiger partial charge is 0.256 e. The smallest absolute Gasteiger partial charge is 0.0702 e. The van der Waals surface area contributed by atoms with Crippen LogP contribution < -0.4 is 0 Å². The molecule has 5 aromatic carbocycles. The van der Waals surface area contributed by atoms with E-state index < -0.39 is 0 Å². The van der Waals surface area contributed by atoms with Gasteiger partial charge in [0.25, 0.3) is 0 Å². The summed E-state index contributed by atoms with van der Waals surface area (Å²) in [6.07, 6.45) is 40.7. The van der Waals surface area contributed by atoms with E-state index in [4.69, 9.17) is 0 Å². The minimum Gasteiger partial charge on any atom is -0.256 e. The van der Waals surface area contributed by atoms with Crippen LogP contribution in [0.5, 0.6) is 0 Å². The quantitative estimate of drug-likeness (QED) is 0.0420. The Morgan fingerprint density at radius 2 is 0.358 bits per heavy atom. The number of hydrogen-bond donors (Lipinski definition) is 0. The molecule has 0 aliphatic heterocycles. The van der Waals surface area contributed by atoms with Gasteiger partial charge in [-0.05, 0) is 176 Å².